The Morgan fingerprint density at radius 2 is 2.00 bits per heavy atom. The summed E-state index contributed by atoms with van der Waals surface area (Å²) in [5.74, 6) is -1.11. The number of esters is 1. The van der Waals surface area contributed by atoms with Crippen LogP contribution in [0.5, 0.6) is 0 Å². The van der Waals surface area contributed by atoms with Gasteiger partial charge in [-0.15, -0.1) is 0 Å². The summed E-state index contributed by atoms with van der Waals surface area (Å²) in [6.45, 7) is 1.71. The monoisotopic (exact) mass is 342 g/mol. The van der Waals surface area contributed by atoms with Gasteiger partial charge >= 0.3 is 5.97 Å². The zero-order valence-electron chi connectivity index (χ0n) is 14.0. The maximum atomic E-state index is 14.0. The van der Waals surface area contributed by atoms with Crippen LogP contribution in [-0.2, 0) is 4.74 Å². The fraction of sp³-hybridized carbons (Fsp3) is 0.333. The molecule has 2 aromatic rings. The van der Waals surface area contributed by atoms with Gasteiger partial charge in [-0.05, 0) is 37.5 Å². The highest BCUT2D eigenvalue weighted by atomic mass is 19.1. The Labute approximate surface area is 145 Å². The van der Waals surface area contributed by atoms with Crippen molar-refractivity contribution in [1.82, 2.24) is 4.57 Å². The van der Waals surface area contributed by atoms with Gasteiger partial charge < -0.3 is 19.9 Å². The molecule has 1 aromatic carbocycles. The van der Waals surface area contributed by atoms with Crippen LogP contribution in [0.3, 0.4) is 0 Å². The molecule has 0 aliphatic carbocycles. The number of carbonyl (C=O) groups excluding carboxylic acids is 1. The molecule has 3 rings (SSSR count). The van der Waals surface area contributed by atoms with Crippen LogP contribution in [0.15, 0.2) is 24.4 Å². The molecule has 1 fully saturated rings. The maximum Gasteiger partial charge on any atom is 0.357 e. The third-order valence-electron chi connectivity index (χ3n) is 4.44. The molecule has 1 aliphatic rings. The average molecular weight is 342 g/mol. The summed E-state index contributed by atoms with van der Waals surface area (Å²) in [7, 11) is 1.24. The fourth-order valence-electron chi connectivity index (χ4n) is 3.20. The highest BCUT2D eigenvalue weighted by Crippen LogP contribution is 2.32. The van der Waals surface area contributed by atoms with Crippen molar-refractivity contribution in [2.75, 3.05) is 30.8 Å². The Balaban J connectivity index is 2.21. The number of hydrogen-bond acceptors (Lipinski definition) is 5. The van der Waals surface area contributed by atoms with Crippen LogP contribution in [-0.4, -0.2) is 30.7 Å². The number of hydrogen-bond donors (Lipinski definition) is 1. The SMILES string of the molecule is COC(=O)c1c(N)c(C#N)cn1-c1cc(F)ccc1N1CCCCC1. The van der Waals surface area contributed by atoms with Crippen LogP contribution in [0.1, 0.15) is 35.3 Å². The van der Waals surface area contributed by atoms with Crippen LogP contribution in [0.25, 0.3) is 5.69 Å². The number of benzene rings is 1. The lowest BCUT2D eigenvalue weighted by Crippen LogP contribution is -2.30. The van der Waals surface area contributed by atoms with E-state index in [1.54, 1.807) is 6.07 Å². The first-order valence-electron chi connectivity index (χ1n) is 8.11. The number of anilines is 2. The topological polar surface area (TPSA) is 84.3 Å². The lowest BCUT2D eigenvalue weighted by molar-refractivity contribution is 0.0593. The van der Waals surface area contributed by atoms with Gasteiger partial charge in [0.05, 0.1) is 29.7 Å². The van der Waals surface area contributed by atoms with Crippen LogP contribution in [0.2, 0.25) is 0 Å². The van der Waals surface area contributed by atoms with Crippen molar-refractivity contribution in [1.29, 1.82) is 5.26 Å². The minimum absolute atomic E-state index is 0.0305. The summed E-state index contributed by atoms with van der Waals surface area (Å²) in [6.07, 6.45) is 4.72. The van der Waals surface area contributed by atoms with Crippen molar-refractivity contribution >= 4 is 17.3 Å². The molecule has 0 spiro atoms. The molecule has 1 aliphatic heterocycles. The summed E-state index contributed by atoms with van der Waals surface area (Å²) < 4.78 is 20.2. The zero-order chi connectivity index (χ0) is 18.0. The molecule has 0 bridgehead atoms. The first-order valence-corrected chi connectivity index (χ1v) is 8.11. The van der Waals surface area contributed by atoms with Gasteiger partial charge in [-0.3, -0.25) is 0 Å². The van der Waals surface area contributed by atoms with Crippen molar-refractivity contribution in [3.05, 3.63) is 41.5 Å². The Hall–Kier alpha value is -3.01. The molecule has 1 aromatic heterocycles. The minimum Gasteiger partial charge on any atom is -0.464 e. The second-order valence-electron chi connectivity index (χ2n) is 5.96. The largest absolute Gasteiger partial charge is 0.464 e. The van der Waals surface area contributed by atoms with Crippen LogP contribution >= 0.6 is 0 Å². The highest BCUT2D eigenvalue weighted by Gasteiger charge is 2.25. The van der Waals surface area contributed by atoms with Gasteiger partial charge in [0.15, 0.2) is 5.69 Å². The summed E-state index contributed by atoms with van der Waals surface area (Å²) in [5, 5.41) is 9.25. The molecule has 0 saturated carbocycles. The quantitative estimate of drug-likeness (QED) is 0.867. The fourth-order valence-corrected chi connectivity index (χ4v) is 3.20. The van der Waals surface area contributed by atoms with E-state index in [1.165, 1.54) is 30.0 Å². The molecule has 130 valence electrons. The summed E-state index contributed by atoms with van der Waals surface area (Å²) >= 11 is 0. The van der Waals surface area contributed by atoms with Crippen molar-refractivity contribution in [2.45, 2.75) is 19.3 Å². The molecule has 0 atom stereocenters. The first kappa shape index (κ1) is 16.8. The molecule has 2 heterocycles. The van der Waals surface area contributed by atoms with Gasteiger partial charge in [0.25, 0.3) is 0 Å². The van der Waals surface area contributed by atoms with E-state index in [2.05, 4.69) is 4.90 Å². The van der Waals surface area contributed by atoms with E-state index in [1.807, 2.05) is 6.07 Å². The van der Waals surface area contributed by atoms with E-state index in [0.29, 0.717) is 5.69 Å². The smallest absolute Gasteiger partial charge is 0.357 e. The lowest BCUT2D eigenvalue weighted by Gasteiger charge is -2.31. The number of nitrogen functional groups attached to an aromatic ring is 1. The van der Waals surface area contributed by atoms with Gasteiger partial charge in [0, 0.05) is 19.3 Å². The van der Waals surface area contributed by atoms with E-state index in [4.69, 9.17) is 10.5 Å². The molecular weight excluding hydrogens is 323 g/mol. The normalized spacial score (nSPS) is 14.2. The highest BCUT2D eigenvalue weighted by molar-refractivity contribution is 5.96. The minimum atomic E-state index is -0.673. The number of halogens is 1. The zero-order valence-corrected chi connectivity index (χ0v) is 14.0. The van der Waals surface area contributed by atoms with Crippen molar-refractivity contribution in [2.24, 2.45) is 0 Å². The van der Waals surface area contributed by atoms with Gasteiger partial charge in [-0.25, -0.2) is 9.18 Å². The predicted octanol–water partition coefficient (Wildman–Crippen LogP) is 2.85. The molecule has 0 radical (unpaired) electrons. The summed E-state index contributed by atoms with van der Waals surface area (Å²) in [4.78, 5) is 14.3. The van der Waals surface area contributed by atoms with Gasteiger partial charge in [-0.2, -0.15) is 5.26 Å². The predicted molar refractivity (Wildman–Crippen MR) is 92.3 cm³/mol. The average Bonchev–Trinajstić information content (AvgIpc) is 2.98. The van der Waals surface area contributed by atoms with Gasteiger partial charge in [0.2, 0.25) is 0 Å². The number of rotatable bonds is 3. The van der Waals surface area contributed by atoms with Crippen molar-refractivity contribution in [3.63, 3.8) is 0 Å². The third-order valence-corrected chi connectivity index (χ3v) is 4.44. The number of nitrogens with two attached hydrogens (primary N) is 1. The van der Waals surface area contributed by atoms with E-state index in [0.717, 1.165) is 38.0 Å². The van der Waals surface area contributed by atoms with Crippen LogP contribution in [0.4, 0.5) is 15.8 Å². The Morgan fingerprint density at radius 3 is 2.64 bits per heavy atom. The molecule has 1 saturated heterocycles. The number of ether oxygens (including phenoxy) is 1. The Bertz CT molecular complexity index is 847. The molecule has 0 unspecified atom stereocenters. The van der Waals surface area contributed by atoms with Crippen molar-refractivity contribution in [3.8, 4) is 11.8 Å². The summed E-state index contributed by atoms with van der Waals surface area (Å²) in [5.41, 5.74) is 7.42. The number of aromatic nitrogens is 1. The number of nitrogens with zero attached hydrogens (tertiary/aromatic N) is 3. The van der Waals surface area contributed by atoms with Crippen LogP contribution < -0.4 is 10.6 Å². The first-order chi connectivity index (χ1) is 12.1. The second kappa shape index (κ2) is 6.85. The number of methoxy groups -OCH3 is 1. The number of nitriles is 1. The summed E-state index contributed by atoms with van der Waals surface area (Å²) in [6, 6.07) is 6.39. The molecule has 2 N–H and O–H groups in total. The molecule has 7 heteroatoms. The van der Waals surface area contributed by atoms with Crippen LogP contribution in [0, 0.1) is 17.1 Å². The van der Waals surface area contributed by atoms with Crippen molar-refractivity contribution < 1.29 is 13.9 Å². The molecule has 25 heavy (non-hydrogen) atoms. The molecular formula is C18H19FN4O2. The van der Waals surface area contributed by atoms with E-state index >= 15 is 0 Å². The molecule has 0 amide bonds. The third kappa shape index (κ3) is 3.03. The standard InChI is InChI=1S/C18H19FN4O2/c1-25-18(24)17-16(21)12(10-20)11-23(17)15-9-13(19)5-6-14(15)22-7-3-2-4-8-22/h5-6,9,11H,2-4,7-8,21H2,1H3. The van der Waals surface area contributed by atoms with E-state index in [9.17, 15) is 14.4 Å². The second-order valence-corrected chi connectivity index (χ2v) is 5.96. The number of piperidine rings is 1. The van der Waals surface area contributed by atoms with Gasteiger partial charge in [0.1, 0.15) is 11.9 Å². The van der Waals surface area contributed by atoms with E-state index < -0.39 is 11.8 Å². The lowest BCUT2D eigenvalue weighted by atomic mass is 10.1. The Kier molecular flexibility index (Phi) is 4.61. The molecule has 6 nitrogen and oxygen atoms in total. The van der Waals surface area contributed by atoms with Gasteiger partial charge in [-0.1, -0.05) is 0 Å². The maximum absolute atomic E-state index is 14.0. The number of carbonyl (C=O) groups is 1. The Morgan fingerprint density at radius 1 is 1.28 bits per heavy atom. The van der Waals surface area contributed by atoms with E-state index in [-0.39, 0.29) is 16.9 Å².